The molecule has 0 spiro atoms. The summed E-state index contributed by atoms with van der Waals surface area (Å²) in [6.07, 6.45) is 5.88. The number of nitrogens with one attached hydrogen (secondary N) is 2. The van der Waals surface area contributed by atoms with Crippen molar-refractivity contribution in [1.82, 2.24) is 14.9 Å². The number of amides is 1. The molecule has 3 rings (SSSR count). The van der Waals surface area contributed by atoms with Crippen LogP contribution in [0.1, 0.15) is 56.0 Å². The molecule has 7 nitrogen and oxygen atoms in total. The van der Waals surface area contributed by atoms with E-state index in [0.29, 0.717) is 6.54 Å². The number of likely N-dealkylation sites (N-methyl/N-ethyl adjacent to an activating group) is 1. The number of carbonyl (C=O) groups excluding carboxylic acids is 1. The predicted octanol–water partition coefficient (Wildman–Crippen LogP) is 3.03. The first kappa shape index (κ1) is 23.5. The van der Waals surface area contributed by atoms with Crippen molar-refractivity contribution in [3.8, 4) is 0 Å². The van der Waals surface area contributed by atoms with Crippen molar-refractivity contribution < 1.29 is 17.6 Å². The summed E-state index contributed by atoms with van der Waals surface area (Å²) in [6, 6.07) is 9.03. The van der Waals surface area contributed by atoms with Gasteiger partial charge >= 0.3 is 0 Å². The molecule has 1 atom stereocenters. The fraction of sp³-hybridized carbons (Fsp3) is 0.522. The van der Waals surface area contributed by atoms with E-state index in [-0.39, 0.29) is 29.8 Å². The van der Waals surface area contributed by atoms with Crippen LogP contribution in [0.5, 0.6) is 0 Å². The lowest BCUT2D eigenvalue weighted by atomic mass is 9.92. The van der Waals surface area contributed by atoms with E-state index in [1.165, 1.54) is 5.56 Å². The lowest BCUT2D eigenvalue weighted by molar-refractivity contribution is -0.121. The van der Waals surface area contributed by atoms with Gasteiger partial charge in [0.2, 0.25) is 15.9 Å². The van der Waals surface area contributed by atoms with Crippen LogP contribution in [0.4, 0.5) is 0 Å². The molecule has 2 N–H and O–H groups in total. The van der Waals surface area contributed by atoms with Crippen LogP contribution in [0.3, 0.4) is 0 Å². The Kier molecular flexibility index (Phi) is 8.28. The van der Waals surface area contributed by atoms with Crippen molar-refractivity contribution in [2.75, 3.05) is 26.2 Å². The van der Waals surface area contributed by atoms with Gasteiger partial charge < -0.3 is 9.73 Å². The minimum atomic E-state index is -3.63. The number of rotatable bonds is 11. The third-order valence-electron chi connectivity index (χ3n) is 5.89. The molecule has 0 radical (unpaired) electrons. The van der Waals surface area contributed by atoms with Gasteiger partial charge in [-0.05, 0) is 74.2 Å². The van der Waals surface area contributed by atoms with Crippen LogP contribution in [-0.2, 0) is 27.7 Å². The number of aryl methyl sites for hydroxylation is 2. The molecule has 1 unspecified atom stereocenters. The fourth-order valence-corrected chi connectivity index (χ4v) is 5.20. The first-order valence-corrected chi connectivity index (χ1v) is 12.6. The number of carbonyl (C=O) groups is 1. The summed E-state index contributed by atoms with van der Waals surface area (Å²) in [5.74, 6) is 0.606. The number of fused-ring (bicyclic) bond motifs is 1. The molecule has 8 heteroatoms. The topological polar surface area (TPSA) is 91.7 Å². The Morgan fingerprint density at radius 2 is 1.87 bits per heavy atom. The van der Waals surface area contributed by atoms with Crippen LogP contribution in [0.2, 0.25) is 0 Å². The van der Waals surface area contributed by atoms with Gasteiger partial charge in [-0.25, -0.2) is 13.1 Å². The summed E-state index contributed by atoms with van der Waals surface area (Å²) in [5.41, 5.74) is 2.36. The summed E-state index contributed by atoms with van der Waals surface area (Å²) >= 11 is 0. The Labute approximate surface area is 185 Å². The van der Waals surface area contributed by atoms with Gasteiger partial charge in [0, 0.05) is 19.5 Å². The van der Waals surface area contributed by atoms with Crippen LogP contribution in [0.15, 0.2) is 45.9 Å². The number of sulfonamides is 1. The maximum absolute atomic E-state index is 12.6. The van der Waals surface area contributed by atoms with Gasteiger partial charge in [-0.1, -0.05) is 19.9 Å². The SMILES string of the molecule is CCN(CC)C(CNC(=O)CCNS(=O)(=O)c1ccc2c(c1)CCCC2)c1ccco1. The van der Waals surface area contributed by atoms with Crippen molar-refractivity contribution in [3.05, 3.63) is 53.5 Å². The number of furan rings is 1. The second-order valence-electron chi connectivity index (χ2n) is 7.84. The highest BCUT2D eigenvalue weighted by molar-refractivity contribution is 7.89. The zero-order valence-electron chi connectivity index (χ0n) is 18.4. The Balaban J connectivity index is 1.51. The molecule has 0 fully saturated rings. The maximum Gasteiger partial charge on any atom is 0.240 e. The molecule has 0 saturated heterocycles. The lowest BCUT2D eigenvalue weighted by Crippen LogP contribution is -2.39. The molecule has 1 aromatic heterocycles. The van der Waals surface area contributed by atoms with Crippen LogP contribution >= 0.6 is 0 Å². The molecule has 1 amide bonds. The van der Waals surface area contributed by atoms with Crippen molar-refractivity contribution in [3.63, 3.8) is 0 Å². The Hall–Kier alpha value is -2.16. The monoisotopic (exact) mass is 447 g/mol. The number of hydrogen-bond acceptors (Lipinski definition) is 5. The van der Waals surface area contributed by atoms with E-state index >= 15 is 0 Å². The van der Waals surface area contributed by atoms with E-state index in [9.17, 15) is 13.2 Å². The van der Waals surface area contributed by atoms with Gasteiger partial charge in [0.1, 0.15) is 5.76 Å². The van der Waals surface area contributed by atoms with Crippen molar-refractivity contribution in [1.29, 1.82) is 0 Å². The average molecular weight is 448 g/mol. The molecule has 1 heterocycles. The molecule has 170 valence electrons. The molecule has 1 aromatic carbocycles. The van der Waals surface area contributed by atoms with Crippen LogP contribution in [0, 0.1) is 0 Å². The second-order valence-corrected chi connectivity index (χ2v) is 9.61. The molecular weight excluding hydrogens is 414 g/mol. The Morgan fingerprint density at radius 3 is 2.55 bits per heavy atom. The molecule has 0 saturated carbocycles. The predicted molar refractivity (Wildman–Crippen MR) is 120 cm³/mol. The van der Waals surface area contributed by atoms with Gasteiger partial charge in [-0.15, -0.1) is 0 Å². The molecular formula is C23H33N3O4S. The highest BCUT2D eigenvalue weighted by Gasteiger charge is 2.22. The Bertz CT molecular complexity index is 953. The summed E-state index contributed by atoms with van der Waals surface area (Å²) in [7, 11) is -3.63. The smallest absolute Gasteiger partial charge is 0.240 e. The highest BCUT2D eigenvalue weighted by Crippen LogP contribution is 2.24. The molecule has 31 heavy (non-hydrogen) atoms. The van der Waals surface area contributed by atoms with Crippen molar-refractivity contribution >= 4 is 15.9 Å². The van der Waals surface area contributed by atoms with E-state index in [1.807, 2.05) is 18.2 Å². The van der Waals surface area contributed by atoms with E-state index in [0.717, 1.165) is 50.1 Å². The third-order valence-corrected chi connectivity index (χ3v) is 7.35. The van der Waals surface area contributed by atoms with Gasteiger partial charge in [0.25, 0.3) is 0 Å². The van der Waals surface area contributed by atoms with Crippen molar-refractivity contribution in [2.45, 2.75) is 56.9 Å². The van der Waals surface area contributed by atoms with Crippen LogP contribution < -0.4 is 10.0 Å². The van der Waals surface area contributed by atoms with Crippen molar-refractivity contribution in [2.24, 2.45) is 0 Å². The first-order valence-electron chi connectivity index (χ1n) is 11.1. The van der Waals surface area contributed by atoms with Gasteiger partial charge in [0.15, 0.2) is 0 Å². The summed E-state index contributed by atoms with van der Waals surface area (Å²) in [4.78, 5) is 14.8. The second kappa shape index (κ2) is 10.9. The molecule has 1 aliphatic carbocycles. The minimum absolute atomic E-state index is 0.0545. The standard InChI is InChI=1S/C23H33N3O4S/c1-3-26(4-2)21(22-10-7-15-30-22)17-24-23(27)13-14-25-31(28,29)20-12-11-18-8-5-6-9-19(18)16-20/h7,10-12,15-16,21,25H,3-6,8-9,13-14,17H2,1-2H3,(H,24,27). The van der Waals surface area contributed by atoms with E-state index in [2.05, 4.69) is 28.8 Å². The molecule has 0 aliphatic heterocycles. The van der Waals surface area contributed by atoms with E-state index in [1.54, 1.807) is 18.4 Å². The zero-order chi connectivity index (χ0) is 22.3. The minimum Gasteiger partial charge on any atom is -0.468 e. The van der Waals surface area contributed by atoms with E-state index in [4.69, 9.17) is 4.42 Å². The van der Waals surface area contributed by atoms with Gasteiger partial charge in [-0.2, -0.15) is 0 Å². The van der Waals surface area contributed by atoms with Gasteiger partial charge in [-0.3, -0.25) is 9.69 Å². The third kappa shape index (κ3) is 6.18. The summed E-state index contributed by atoms with van der Waals surface area (Å²) in [6.45, 7) is 6.26. The van der Waals surface area contributed by atoms with Gasteiger partial charge in [0.05, 0.1) is 17.2 Å². The normalized spacial score (nSPS) is 14.9. The summed E-state index contributed by atoms with van der Waals surface area (Å²) < 4.78 is 33.4. The first-order chi connectivity index (χ1) is 14.9. The quantitative estimate of drug-likeness (QED) is 0.552. The molecule has 0 bridgehead atoms. The number of benzene rings is 1. The number of nitrogens with zero attached hydrogens (tertiary/aromatic N) is 1. The molecule has 1 aliphatic rings. The average Bonchev–Trinajstić information content (AvgIpc) is 3.30. The zero-order valence-corrected chi connectivity index (χ0v) is 19.2. The molecule has 2 aromatic rings. The van der Waals surface area contributed by atoms with E-state index < -0.39 is 10.0 Å². The highest BCUT2D eigenvalue weighted by atomic mass is 32.2. The maximum atomic E-state index is 12.6. The van der Waals surface area contributed by atoms with Crippen LogP contribution in [-0.4, -0.2) is 45.4 Å². The Morgan fingerprint density at radius 1 is 1.13 bits per heavy atom. The largest absolute Gasteiger partial charge is 0.468 e. The lowest BCUT2D eigenvalue weighted by Gasteiger charge is -2.28. The summed E-state index contributed by atoms with van der Waals surface area (Å²) in [5, 5.41) is 2.91. The van der Waals surface area contributed by atoms with Crippen LogP contribution in [0.25, 0.3) is 0 Å². The number of hydrogen-bond donors (Lipinski definition) is 2. The fourth-order valence-electron chi connectivity index (χ4n) is 4.11.